The first kappa shape index (κ1) is 17.4. The Hall–Kier alpha value is -0.690. The molecule has 1 aromatic carbocycles. The molecule has 7 heteroatoms. The molecule has 0 bridgehead atoms. The van der Waals surface area contributed by atoms with Crippen molar-refractivity contribution in [3.05, 3.63) is 30.1 Å². The van der Waals surface area contributed by atoms with E-state index < -0.39 is 15.8 Å². The van der Waals surface area contributed by atoms with E-state index in [1.807, 2.05) is 6.92 Å². The van der Waals surface area contributed by atoms with Gasteiger partial charge in [-0.25, -0.2) is 12.8 Å². The van der Waals surface area contributed by atoms with Crippen molar-refractivity contribution in [1.82, 2.24) is 4.31 Å². The van der Waals surface area contributed by atoms with Crippen LogP contribution in [-0.2, 0) is 10.0 Å². The summed E-state index contributed by atoms with van der Waals surface area (Å²) in [5.41, 5.74) is 5.83. The van der Waals surface area contributed by atoms with Gasteiger partial charge in [-0.3, -0.25) is 0 Å². The quantitative estimate of drug-likeness (QED) is 0.925. The van der Waals surface area contributed by atoms with Gasteiger partial charge < -0.3 is 5.73 Å². The zero-order valence-corrected chi connectivity index (χ0v) is 13.0. The normalized spacial score (nSPS) is 19.4. The van der Waals surface area contributed by atoms with Crippen LogP contribution in [0.5, 0.6) is 0 Å². The summed E-state index contributed by atoms with van der Waals surface area (Å²) >= 11 is 0. The molecule has 2 rings (SSSR count). The highest BCUT2D eigenvalue weighted by Gasteiger charge is 2.31. The lowest BCUT2D eigenvalue weighted by Gasteiger charge is -2.32. The van der Waals surface area contributed by atoms with E-state index in [9.17, 15) is 12.8 Å². The lowest BCUT2D eigenvalue weighted by Crippen LogP contribution is -2.42. The van der Waals surface area contributed by atoms with E-state index in [2.05, 4.69) is 0 Å². The molecule has 1 aromatic rings. The van der Waals surface area contributed by atoms with Gasteiger partial charge in [-0.05, 0) is 37.8 Å². The molecule has 1 fully saturated rings. The highest BCUT2D eigenvalue weighted by molar-refractivity contribution is 7.89. The zero-order valence-electron chi connectivity index (χ0n) is 11.3. The average Bonchev–Trinajstić information content (AvgIpc) is 2.39. The third-order valence-electron chi connectivity index (χ3n) is 3.70. The summed E-state index contributed by atoms with van der Waals surface area (Å²) in [6.07, 6.45) is 1.46. The fourth-order valence-electron chi connectivity index (χ4n) is 2.43. The zero-order chi connectivity index (χ0) is 14.0. The fraction of sp³-hybridized carbons (Fsp3) is 0.538. The van der Waals surface area contributed by atoms with Gasteiger partial charge in [-0.15, -0.1) is 12.4 Å². The molecule has 0 radical (unpaired) electrons. The van der Waals surface area contributed by atoms with Gasteiger partial charge in [0.2, 0.25) is 10.0 Å². The molecular formula is C13H20ClFN2O2S. The molecule has 1 aliphatic heterocycles. The van der Waals surface area contributed by atoms with E-state index in [0.717, 1.165) is 12.8 Å². The first-order chi connectivity index (χ1) is 8.93. The summed E-state index contributed by atoms with van der Waals surface area (Å²) in [6, 6.07) is 5.56. The minimum atomic E-state index is -3.72. The Kier molecular flexibility index (Phi) is 5.94. The highest BCUT2D eigenvalue weighted by atomic mass is 35.5. The van der Waals surface area contributed by atoms with Gasteiger partial charge in [0.25, 0.3) is 0 Å². The topological polar surface area (TPSA) is 63.4 Å². The SMILES string of the molecule is CC(N)C1CCN(S(=O)(=O)c2ccccc2F)CC1.Cl. The van der Waals surface area contributed by atoms with E-state index in [-0.39, 0.29) is 23.3 Å². The number of halogens is 2. The average molecular weight is 323 g/mol. The maximum atomic E-state index is 13.6. The van der Waals surface area contributed by atoms with Crippen molar-refractivity contribution in [2.75, 3.05) is 13.1 Å². The Morgan fingerprint density at radius 3 is 2.35 bits per heavy atom. The van der Waals surface area contributed by atoms with Crippen molar-refractivity contribution in [2.45, 2.75) is 30.7 Å². The van der Waals surface area contributed by atoms with Crippen LogP contribution in [0.3, 0.4) is 0 Å². The smallest absolute Gasteiger partial charge is 0.245 e. The second-order valence-electron chi connectivity index (χ2n) is 5.03. The predicted molar refractivity (Wildman–Crippen MR) is 78.8 cm³/mol. The second kappa shape index (κ2) is 6.85. The van der Waals surface area contributed by atoms with Crippen LogP contribution >= 0.6 is 12.4 Å². The van der Waals surface area contributed by atoms with Gasteiger partial charge in [-0.1, -0.05) is 12.1 Å². The van der Waals surface area contributed by atoms with Crippen LogP contribution in [0.1, 0.15) is 19.8 Å². The Labute approximate surface area is 125 Å². The molecule has 0 spiro atoms. The standard InChI is InChI=1S/C13H19FN2O2S.ClH/c1-10(15)11-6-8-16(9-7-11)19(17,18)13-5-3-2-4-12(13)14;/h2-5,10-11H,6-9,15H2,1H3;1H. The lowest BCUT2D eigenvalue weighted by atomic mass is 9.92. The molecule has 1 unspecified atom stereocenters. The summed E-state index contributed by atoms with van der Waals surface area (Å²) < 4.78 is 39.6. The van der Waals surface area contributed by atoms with E-state index in [1.54, 1.807) is 0 Å². The van der Waals surface area contributed by atoms with Gasteiger partial charge in [0.05, 0.1) is 0 Å². The van der Waals surface area contributed by atoms with E-state index >= 15 is 0 Å². The van der Waals surface area contributed by atoms with Gasteiger partial charge in [-0.2, -0.15) is 4.31 Å². The first-order valence-corrected chi connectivity index (χ1v) is 7.87. The van der Waals surface area contributed by atoms with Crippen molar-refractivity contribution in [3.8, 4) is 0 Å². The lowest BCUT2D eigenvalue weighted by molar-refractivity contribution is 0.250. The molecule has 114 valence electrons. The molecule has 1 heterocycles. The maximum Gasteiger partial charge on any atom is 0.245 e. The minimum absolute atomic E-state index is 0. The number of piperidine rings is 1. The van der Waals surface area contributed by atoms with Gasteiger partial charge >= 0.3 is 0 Å². The molecule has 0 amide bonds. The van der Waals surface area contributed by atoms with Gasteiger partial charge in [0, 0.05) is 19.1 Å². The van der Waals surface area contributed by atoms with Crippen molar-refractivity contribution in [1.29, 1.82) is 0 Å². The number of rotatable bonds is 3. The molecule has 1 saturated heterocycles. The van der Waals surface area contributed by atoms with Crippen molar-refractivity contribution in [2.24, 2.45) is 11.7 Å². The third-order valence-corrected chi connectivity index (χ3v) is 5.63. The largest absolute Gasteiger partial charge is 0.328 e. The number of nitrogens with zero attached hydrogens (tertiary/aromatic N) is 1. The van der Waals surface area contributed by atoms with Crippen LogP contribution in [-0.4, -0.2) is 31.9 Å². The third kappa shape index (κ3) is 3.49. The molecular weight excluding hydrogens is 303 g/mol. The van der Waals surface area contributed by atoms with E-state index in [4.69, 9.17) is 5.73 Å². The van der Waals surface area contributed by atoms with Crippen molar-refractivity contribution >= 4 is 22.4 Å². The summed E-state index contributed by atoms with van der Waals surface area (Å²) in [4.78, 5) is -0.241. The molecule has 2 N–H and O–H groups in total. The van der Waals surface area contributed by atoms with Crippen LogP contribution < -0.4 is 5.73 Å². The van der Waals surface area contributed by atoms with Crippen LogP contribution in [0.15, 0.2) is 29.2 Å². The van der Waals surface area contributed by atoms with Gasteiger partial charge in [0.15, 0.2) is 0 Å². The monoisotopic (exact) mass is 322 g/mol. The van der Waals surface area contributed by atoms with Crippen LogP contribution in [0, 0.1) is 11.7 Å². The first-order valence-electron chi connectivity index (χ1n) is 6.43. The molecule has 0 saturated carbocycles. The maximum absolute atomic E-state index is 13.6. The van der Waals surface area contributed by atoms with Crippen LogP contribution in [0.4, 0.5) is 4.39 Å². The fourth-order valence-corrected chi connectivity index (χ4v) is 3.97. The van der Waals surface area contributed by atoms with E-state index in [1.165, 1.54) is 28.6 Å². The Balaban J connectivity index is 0.00000200. The number of hydrogen-bond donors (Lipinski definition) is 1. The second-order valence-corrected chi connectivity index (χ2v) is 6.94. The number of benzene rings is 1. The predicted octanol–water partition coefficient (Wildman–Crippen LogP) is 2.00. The molecule has 0 aromatic heterocycles. The summed E-state index contributed by atoms with van der Waals surface area (Å²) in [5.74, 6) is -0.358. The molecule has 0 aliphatic carbocycles. The van der Waals surface area contributed by atoms with Crippen LogP contribution in [0.2, 0.25) is 0 Å². The van der Waals surface area contributed by atoms with Gasteiger partial charge in [0.1, 0.15) is 10.7 Å². The molecule has 1 atom stereocenters. The minimum Gasteiger partial charge on any atom is -0.328 e. The molecule has 20 heavy (non-hydrogen) atoms. The number of nitrogens with two attached hydrogens (primary N) is 1. The Morgan fingerprint density at radius 1 is 1.30 bits per heavy atom. The number of sulfonamides is 1. The summed E-state index contributed by atoms with van der Waals surface area (Å²) in [6.45, 7) is 2.75. The molecule has 1 aliphatic rings. The summed E-state index contributed by atoms with van der Waals surface area (Å²) in [5, 5.41) is 0. The Morgan fingerprint density at radius 2 is 1.85 bits per heavy atom. The van der Waals surface area contributed by atoms with Crippen molar-refractivity contribution in [3.63, 3.8) is 0 Å². The van der Waals surface area contributed by atoms with Crippen molar-refractivity contribution < 1.29 is 12.8 Å². The van der Waals surface area contributed by atoms with Crippen LogP contribution in [0.25, 0.3) is 0 Å². The Bertz CT molecular complexity index is 543. The van der Waals surface area contributed by atoms with E-state index in [0.29, 0.717) is 19.0 Å². The molecule has 4 nitrogen and oxygen atoms in total. The summed E-state index contributed by atoms with van der Waals surface area (Å²) in [7, 11) is -3.72. The number of hydrogen-bond acceptors (Lipinski definition) is 3. The highest BCUT2D eigenvalue weighted by Crippen LogP contribution is 2.26.